The van der Waals surface area contributed by atoms with E-state index in [4.69, 9.17) is 16.3 Å². The van der Waals surface area contributed by atoms with Gasteiger partial charge in [-0.1, -0.05) is 11.6 Å². The molecule has 0 bridgehead atoms. The summed E-state index contributed by atoms with van der Waals surface area (Å²) < 4.78 is 5.22. The molecule has 1 aliphatic rings. The summed E-state index contributed by atoms with van der Waals surface area (Å²) in [6.45, 7) is 7.58. The third kappa shape index (κ3) is 1.80. The third-order valence-electron chi connectivity index (χ3n) is 3.55. The Morgan fingerprint density at radius 1 is 1.44 bits per heavy atom. The van der Waals surface area contributed by atoms with Crippen molar-refractivity contribution in [2.75, 3.05) is 13.7 Å². The Morgan fingerprint density at radius 3 is 2.56 bits per heavy atom. The minimum Gasteiger partial charge on any atom is -0.495 e. The van der Waals surface area contributed by atoms with Crippen molar-refractivity contribution in [1.82, 2.24) is 5.32 Å². The fraction of sp³-hybridized carbons (Fsp3) is 0.538. The summed E-state index contributed by atoms with van der Waals surface area (Å²) in [5, 5.41) is 4.13. The monoisotopic (exact) mass is 239 g/mol. The normalized spacial score (nSPS) is 22.7. The van der Waals surface area contributed by atoms with Crippen LogP contribution in [0.5, 0.6) is 5.75 Å². The fourth-order valence-electron chi connectivity index (χ4n) is 2.31. The molecule has 0 amide bonds. The number of rotatable bonds is 2. The van der Waals surface area contributed by atoms with Crippen molar-refractivity contribution in [3.8, 4) is 5.75 Å². The summed E-state index contributed by atoms with van der Waals surface area (Å²) in [5.74, 6) is 1.30. The highest BCUT2D eigenvalue weighted by atomic mass is 35.5. The van der Waals surface area contributed by atoms with Crippen LogP contribution in [0.2, 0.25) is 5.02 Å². The van der Waals surface area contributed by atoms with Crippen molar-refractivity contribution in [3.05, 3.63) is 28.3 Å². The van der Waals surface area contributed by atoms with Crippen LogP contribution in [0.15, 0.2) is 12.1 Å². The molecule has 1 atom stereocenters. The number of hydrogen-bond donors (Lipinski definition) is 1. The van der Waals surface area contributed by atoms with Gasteiger partial charge < -0.3 is 10.1 Å². The van der Waals surface area contributed by atoms with Crippen LogP contribution in [0, 0.1) is 6.92 Å². The van der Waals surface area contributed by atoms with Crippen LogP contribution in [0.25, 0.3) is 0 Å². The molecule has 1 fully saturated rings. The highest BCUT2D eigenvalue weighted by Crippen LogP contribution is 2.39. The maximum absolute atomic E-state index is 6.17. The molecule has 0 saturated carbocycles. The van der Waals surface area contributed by atoms with E-state index in [9.17, 15) is 0 Å². The lowest BCUT2D eigenvalue weighted by Crippen LogP contribution is -2.59. The van der Waals surface area contributed by atoms with Crippen molar-refractivity contribution in [3.63, 3.8) is 0 Å². The Balaban J connectivity index is 2.39. The van der Waals surface area contributed by atoms with Crippen LogP contribution in [0.4, 0.5) is 0 Å². The van der Waals surface area contributed by atoms with E-state index < -0.39 is 0 Å². The SMILES string of the molecule is COc1cc(C)c(C2CNC2(C)C)cc1Cl. The average Bonchev–Trinajstić information content (AvgIpc) is 2.21. The lowest BCUT2D eigenvalue weighted by Gasteiger charge is -2.47. The zero-order valence-electron chi connectivity index (χ0n) is 10.2. The van der Waals surface area contributed by atoms with Crippen molar-refractivity contribution < 1.29 is 4.74 Å². The second-order valence-corrected chi connectivity index (χ2v) is 5.41. The molecule has 2 nitrogen and oxygen atoms in total. The van der Waals surface area contributed by atoms with Crippen LogP contribution < -0.4 is 10.1 Å². The first-order valence-electron chi connectivity index (χ1n) is 5.55. The molecule has 0 spiro atoms. The molecule has 1 N–H and O–H groups in total. The van der Waals surface area contributed by atoms with Crippen LogP contribution in [0.3, 0.4) is 0 Å². The number of ether oxygens (including phenoxy) is 1. The molecular formula is C13H18ClNO. The number of hydrogen-bond acceptors (Lipinski definition) is 2. The number of benzene rings is 1. The quantitative estimate of drug-likeness (QED) is 0.856. The smallest absolute Gasteiger partial charge is 0.137 e. The summed E-state index contributed by atoms with van der Waals surface area (Å²) in [5.41, 5.74) is 2.75. The molecule has 1 aromatic carbocycles. The Kier molecular flexibility index (Phi) is 2.89. The van der Waals surface area contributed by atoms with E-state index in [2.05, 4.69) is 26.1 Å². The summed E-state index contributed by atoms with van der Waals surface area (Å²) in [6.07, 6.45) is 0. The predicted molar refractivity (Wildman–Crippen MR) is 67.6 cm³/mol. The predicted octanol–water partition coefficient (Wildman–Crippen LogP) is 3.12. The zero-order valence-corrected chi connectivity index (χ0v) is 11.0. The van der Waals surface area contributed by atoms with Crippen LogP contribution in [-0.4, -0.2) is 19.2 Å². The van der Waals surface area contributed by atoms with Crippen LogP contribution >= 0.6 is 11.6 Å². The van der Waals surface area contributed by atoms with Crippen molar-refractivity contribution in [1.29, 1.82) is 0 Å². The summed E-state index contributed by atoms with van der Waals surface area (Å²) >= 11 is 6.17. The maximum Gasteiger partial charge on any atom is 0.137 e. The van der Waals surface area contributed by atoms with Gasteiger partial charge in [-0.05, 0) is 44.0 Å². The molecule has 16 heavy (non-hydrogen) atoms. The number of halogens is 1. The molecule has 3 heteroatoms. The maximum atomic E-state index is 6.17. The van der Waals surface area contributed by atoms with Gasteiger partial charge in [-0.2, -0.15) is 0 Å². The van der Waals surface area contributed by atoms with Crippen LogP contribution in [0.1, 0.15) is 30.9 Å². The van der Waals surface area contributed by atoms with Gasteiger partial charge in [0.2, 0.25) is 0 Å². The fourth-order valence-corrected chi connectivity index (χ4v) is 2.56. The largest absolute Gasteiger partial charge is 0.495 e. The van der Waals surface area contributed by atoms with E-state index in [1.807, 2.05) is 12.1 Å². The van der Waals surface area contributed by atoms with Gasteiger partial charge in [0.1, 0.15) is 5.75 Å². The van der Waals surface area contributed by atoms with E-state index in [1.165, 1.54) is 11.1 Å². The van der Waals surface area contributed by atoms with Gasteiger partial charge in [0, 0.05) is 18.0 Å². The van der Waals surface area contributed by atoms with Crippen molar-refractivity contribution in [2.45, 2.75) is 32.2 Å². The topological polar surface area (TPSA) is 21.3 Å². The molecule has 1 aliphatic heterocycles. The molecule has 1 saturated heterocycles. The molecule has 1 unspecified atom stereocenters. The van der Waals surface area contributed by atoms with Gasteiger partial charge in [-0.25, -0.2) is 0 Å². The Morgan fingerprint density at radius 2 is 2.12 bits per heavy atom. The van der Waals surface area contributed by atoms with E-state index in [0.29, 0.717) is 10.9 Å². The van der Waals surface area contributed by atoms with E-state index in [0.717, 1.165) is 12.3 Å². The highest BCUT2D eigenvalue weighted by Gasteiger charge is 2.39. The van der Waals surface area contributed by atoms with E-state index >= 15 is 0 Å². The van der Waals surface area contributed by atoms with Gasteiger partial charge in [0.05, 0.1) is 12.1 Å². The summed E-state index contributed by atoms with van der Waals surface area (Å²) in [4.78, 5) is 0. The first kappa shape index (κ1) is 11.7. The lowest BCUT2D eigenvalue weighted by molar-refractivity contribution is 0.207. The molecule has 1 aromatic rings. The van der Waals surface area contributed by atoms with E-state index in [1.54, 1.807) is 7.11 Å². The van der Waals surface area contributed by atoms with Gasteiger partial charge in [-0.15, -0.1) is 0 Å². The van der Waals surface area contributed by atoms with E-state index in [-0.39, 0.29) is 5.54 Å². The van der Waals surface area contributed by atoms with Gasteiger partial charge >= 0.3 is 0 Å². The molecule has 88 valence electrons. The van der Waals surface area contributed by atoms with Crippen molar-refractivity contribution >= 4 is 11.6 Å². The van der Waals surface area contributed by atoms with Gasteiger partial charge in [0.15, 0.2) is 0 Å². The second-order valence-electron chi connectivity index (χ2n) is 5.00. The third-order valence-corrected chi connectivity index (χ3v) is 3.84. The molecule has 1 heterocycles. The Bertz CT molecular complexity index is 415. The molecule has 0 aliphatic carbocycles. The van der Waals surface area contributed by atoms with Crippen LogP contribution in [-0.2, 0) is 0 Å². The Labute approximate surface area is 102 Å². The van der Waals surface area contributed by atoms with Gasteiger partial charge in [0.25, 0.3) is 0 Å². The molecular weight excluding hydrogens is 222 g/mol. The number of methoxy groups -OCH3 is 1. The van der Waals surface area contributed by atoms with Crippen molar-refractivity contribution in [2.24, 2.45) is 0 Å². The first-order chi connectivity index (χ1) is 7.45. The Hall–Kier alpha value is -0.730. The lowest BCUT2D eigenvalue weighted by atomic mass is 9.74. The first-order valence-corrected chi connectivity index (χ1v) is 5.92. The highest BCUT2D eigenvalue weighted by molar-refractivity contribution is 6.32. The number of aryl methyl sites for hydroxylation is 1. The molecule has 0 radical (unpaired) electrons. The molecule has 2 rings (SSSR count). The minimum atomic E-state index is 0.169. The average molecular weight is 240 g/mol. The second kappa shape index (κ2) is 3.94. The summed E-state index contributed by atoms with van der Waals surface area (Å²) in [6, 6.07) is 4.06. The zero-order chi connectivity index (χ0) is 11.9. The minimum absolute atomic E-state index is 0.169. The molecule has 0 aromatic heterocycles. The van der Waals surface area contributed by atoms with Gasteiger partial charge in [-0.3, -0.25) is 0 Å². The summed E-state index contributed by atoms with van der Waals surface area (Å²) in [7, 11) is 1.65. The standard InChI is InChI=1S/C13H18ClNO/c1-8-5-12(16-4)11(14)6-9(8)10-7-15-13(10,2)3/h5-6,10,15H,7H2,1-4H3. The number of nitrogens with one attached hydrogen (secondary N) is 1.